The summed E-state index contributed by atoms with van der Waals surface area (Å²) < 4.78 is 33.7. The maximum Gasteiger partial charge on any atom is 0.323 e. The van der Waals surface area contributed by atoms with E-state index in [0.717, 1.165) is 22.3 Å². The molecule has 1 atom stereocenters. The molecule has 49 heavy (non-hydrogen) atoms. The van der Waals surface area contributed by atoms with Gasteiger partial charge in [-0.1, -0.05) is 18.9 Å². The van der Waals surface area contributed by atoms with E-state index in [2.05, 4.69) is 0 Å². The molecule has 0 bridgehead atoms. The summed E-state index contributed by atoms with van der Waals surface area (Å²) in [5.74, 6) is 0.267. The van der Waals surface area contributed by atoms with Crippen LogP contribution in [0, 0.1) is 5.41 Å². The summed E-state index contributed by atoms with van der Waals surface area (Å²) >= 11 is 0. The second-order valence-corrected chi connectivity index (χ2v) is 14.8. The van der Waals surface area contributed by atoms with Crippen molar-refractivity contribution in [2.24, 2.45) is 5.41 Å². The van der Waals surface area contributed by atoms with Gasteiger partial charge in [-0.25, -0.2) is 0 Å². The van der Waals surface area contributed by atoms with Gasteiger partial charge >= 0.3 is 11.9 Å². The third kappa shape index (κ3) is 9.76. The Morgan fingerprint density at radius 2 is 1.33 bits per heavy atom. The zero-order valence-electron chi connectivity index (χ0n) is 31.1. The van der Waals surface area contributed by atoms with Crippen molar-refractivity contribution in [3.63, 3.8) is 0 Å². The first-order valence-corrected chi connectivity index (χ1v) is 16.9. The Balaban J connectivity index is 1.81. The van der Waals surface area contributed by atoms with Crippen LogP contribution in [0.25, 0.3) is 11.1 Å². The van der Waals surface area contributed by atoms with Crippen LogP contribution in [-0.2, 0) is 30.3 Å². The molecule has 10 nitrogen and oxygen atoms in total. The topological polar surface area (TPSA) is 124 Å². The van der Waals surface area contributed by atoms with Crippen LogP contribution in [0.5, 0.6) is 23.0 Å². The lowest BCUT2D eigenvalue weighted by Gasteiger charge is -2.32. The van der Waals surface area contributed by atoms with Crippen LogP contribution in [-0.4, -0.2) is 57.4 Å². The minimum Gasteiger partial charge on any atom is -0.493 e. The Kier molecular flexibility index (Phi) is 12.9. The van der Waals surface area contributed by atoms with Gasteiger partial charge in [0.25, 0.3) is 0 Å². The van der Waals surface area contributed by atoms with E-state index in [1.54, 1.807) is 81.9 Å². The largest absolute Gasteiger partial charge is 0.493 e. The van der Waals surface area contributed by atoms with Crippen LogP contribution >= 0.6 is 0 Å². The van der Waals surface area contributed by atoms with Crippen LogP contribution in [0.1, 0.15) is 110 Å². The van der Waals surface area contributed by atoms with Crippen molar-refractivity contribution in [1.29, 1.82) is 0 Å². The van der Waals surface area contributed by atoms with E-state index < -0.39 is 28.6 Å². The number of carbonyl (C=O) groups excluding carboxylic acids is 3. The van der Waals surface area contributed by atoms with Crippen molar-refractivity contribution in [3.8, 4) is 34.1 Å². The van der Waals surface area contributed by atoms with Crippen LogP contribution in [0.4, 0.5) is 0 Å². The maximum absolute atomic E-state index is 13.5. The second-order valence-electron chi connectivity index (χ2n) is 14.8. The molecule has 0 fully saturated rings. The third-order valence-corrected chi connectivity index (χ3v) is 8.65. The number of aryl methyl sites for hydroxylation is 1. The van der Waals surface area contributed by atoms with E-state index in [4.69, 9.17) is 28.4 Å². The molecule has 1 unspecified atom stereocenters. The van der Waals surface area contributed by atoms with E-state index in [9.17, 15) is 19.2 Å². The molecule has 10 heteroatoms. The lowest BCUT2D eigenvalue weighted by atomic mass is 9.83. The second kappa shape index (κ2) is 16.1. The van der Waals surface area contributed by atoms with Gasteiger partial charge in [-0.05, 0) is 115 Å². The summed E-state index contributed by atoms with van der Waals surface area (Å²) in [5, 5.41) is 0. The molecule has 0 spiro atoms. The number of ether oxygens (including phenoxy) is 6. The average Bonchev–Trinajstić information content (AvgIpc) is 3.25. The highest BCUT2D eigenvalue weighted by Gasteiger charge is 2.46. The number of carbonyl (C=O) groups is 3. The van der Waals surface area contributed by atoms with E-state index in [1.165, 1.54) is 7.11 Å². The van der Waals surface area contributed by atoms with E-state index >= 15 is 0 Å². The molecule has 0 aliphatic heterocycles. The highest BCUT2D eigenvalue weighted by atomic mass is 16.6. The molecule has 3 rings (SSSR count). The highest BCUT2D eigenvalue weighted by Crippen LogP contribution is 2.51. The number of hydrogen-bond donors (Lipinski definition) is 0. The average molecular weight is 683 g/mol. The standard InChI is InChI=1S/C39H54O10/c1-37(2,3)48-35(42)39(7,36(43)49-38(4,5)6)20-14-12-13-15-26(40)21-24-16-17-25-22-31(45-9)33(46-10)34(47-11)32(25)27-18-19-30(44-8)29(41)23-28(24)27/h18-19,22-24H,12-17,20-21H2,1-11H3. The molecule has 1 aliphatic rings. The van der Waals surface area contributed by atoms with Gasteiger partial charge in [0, 0.05) is 18.4 Å². The Hall–Kier alpha value is -4.08. The third-order valence-electron chi connectivity index (χ3n) is 8.65. The lowest BCUT2D eigenvalue weighted by Crippen LogP contribution is -2.44. The van der Waals surface area contributed by atoms with Gasteiger partial charge < -0.3 is 28.4 Å². The first kappa shape index (κ1) is 39.4. The normalized spacial score (nSPS) is 14.5. The van der Waals surface area contributed by atoms with Gasteiger partial charge in [0.15, 0.2) is 22.7 Å². The molecule has 270 valence electrons. The number of ketones is 1. The number of rotatable bonds is 14. The number of esters is 2. The molecule has 0 heterocycles. The first-order valence-electron chi connectivity index (χ1n) is 16.9. The van der Waals surface area contributed by atoms with Crippen molar-refractivity contribution in [1.82, 2.24) is 0 Å². The number of benzene rings is 1. The number of Topliss-reactive ketones (excluding diaryl/α,β-unsaturated/α-hetero) is 1. The summed E-state index contributed by atoms with van der Waals surface area (Å²) in [6, 6.07) is 6.99. The number of fused-ring (bicyclic) bond motifs is 3. The zero-order chi connectivity index (χ0) is 36.7. The molecule has 0 radical (unpaired) electrons. The predicted octanol–water partition coefficient (Wildman–Crippen LogP) is 7.38. The molecule has 2 aromatic carbocycles. The summed E-state index contributed by atoms with van der Waals surface area (Å²) in [6.07, 6.45) is 3.81. The molecular weight excluding hydrogens is 628 g/mol. The Morgan fingerprint density at radius 1 is 0.735 bits per heavy atom. The summed E-state index contributed by atoms with van der Waals surface area (Å²) in [7, 11) is 6.13. The highest BCUT2D eigenvalue weighted by molar-refractivity contribution is 5.99. The minimum absolute atomic E-state index is 0.0667. The molecule has 2 aromatic rings. The molecule has 1 aliphatic carbocycles. The van der Waals surface area contributed by atoms with Gasteiger partial charge in [-0.2, -0.15) is 0 Å². The van der Waals surface area contributed by atoms with Gasteiger partial charge in [-0.15, -0.1) is 0 Å². The van der Waals surface area contributed by atoms with Gasteiger partial charge in [0.2, 0.25) is 11.2 Å². The fraction of sp³-hybridized carbons (Fsp3) is 0.590. The fourth-order valence-corrected chi connectivity index (χ4v) is 6.18. The Labute approximate surface area is 290 Å². The van der Waals surface area contributed by atoms with Gasteiger partial charge in [0.1, 0.15) is 17.0 Å². The number of hydrogen-bond acceptors (Lipinski definition) is 10. The molecular formula is C39H54O10. The Morgan fingerprint density at radius 3 is 1.86 bits per heavy atom. The summed E-state index contributed by atoms with van der Waals surface area (Å²) in [4.78, 5) is 53.0. The van der Waals surface area contributed by atoms with Crippen LogP contribution < -0.4 is 24.4 Å². The van der Waals surface area contributed by atoms with Crippen LogP contribution in [0.3, 0.4) is 0 Å². The van der Waals surface area contributed by atoms with E-state index in [1.807, 2.05) is 12.1 Å². The molecule has 0 amide bonds. The first-order chi connectivity index (χ1) is 22.9. The molecule has 0 aromatic heterocycles. The fourth-order valence-electron chi connectivity index (χ4n) is 6.18. The molecule has 0 saturated carbocycles. The van der Waals surface area contributed by atoms with Crippen LogP contribution in [0.15, 0.2) is 29.1 Å². The summed E-state index contributed by atoms with van der Waals surface area (Å²) in [5.41, 5.74) is 0.00197. The monoisotopic (exact) mass is 682 g/mol. The summed E-state index contributed by atoms with van der Waals surface area (Å²) in [6.45, 7) is 12.1. The van der Waals surface area contributed by atoms with E-state index in [-0.39, 0.29) is 35.7 Å². The lowest BCUT2D eigenvalue weighted by molar-refractivity contribution is -0.184. The smallest absolute Gasteiger partial charge is 0.323 e. The van der Waals surface area contributed by atoms with E-state index in [0.29, 0.717) is 55.8 Å². The van der Waals surface area contributed by atoms with Crippen molar-refractivity contribution in [3.05, 3.63) is 45.6 Å². The van der Waals surface area contributed by atoms with Crippen molar-refractivity contribution < 1.29 is 42.8 Å². The van der Waals surface area contributed by atoms with Crippen LogP contribution in [0.2, 0.25) is 0 Å². The number of unbranched alkanes of at least 4 members (excludes halogenated alkanes) is 2. The Bertz CT molecular complexity index is 1550. The van der Waals surface area contributed by atoms with Gasteiger partial charge in [0.05, 0.1) is 28.4 Å². The zero-order valence-corrected chi connectivity index (χ0v) is 31.1. The molecule has 0 saturated heterocycles. The molecule has 0 N–H and O–H groups in total. The van der Waals surface area contributed by atoms with Crippen molar-refractivity contribution >= 4 is 17.7 Å². The van der Waals surface area contributed by atoms with Crippen molar-refractivity contribution in [2.45, 2.75) is 117 Å². The van der Waals surface area contributed by atoms with Gasteiger partial charge in [-0.3, -0.25) is 19.2 Å². The SMILES string of the molecule is COc1cc2c(c(OC)c1OC)-c1ccc(OC)c(=O)cc1C(CC(=O)CCCCCC(C)(C(=O)OC(C)(C)C)C(=O)OC(C)(C)C)CC2. The minimum atomic E-state index is -1.47. The number of methoxy groups -OCH3 is 4. The maximum atomic E-state index is 13.5. The quantitative estimate of drug-likeness (QED) is 0.113. The van der Waals surface area contributed by atoms with Crippen molar-refractivity contribution in [2.75, 3.05) is 28.4 Å². The predicted molar refractivity (Wildman–Crippen MR) is 188 cm³/mol.